The molecule has 0 aliphatic rings. The van der Waals surface area contributed by atoms with Crippen LogP contribution in [-0.2, 0) is 15.3 Å². The molecular weight excluding hydrogens is 416 g/mol. The lowest BCUT2D eigenvalue weighted by Gasteiger charge is -2.11. The molecule has 3 rings (SSSR count). The average Bonchev–Trinajstić information content (AvgIpc) is 2.75. The lowest BCUT2D eigenvalue weighted by Crippen LogP contribution is -2.15. The first-order valence-electron chi connectivity index (χ1n) is 9.94. The Morgan fingerprint density at radius 3 is 2.65 bits per heavy atom. The van der Waals surface area contributed by atoms with Gasteiger partial charge in [-0.1, -0.05) is 12.1 Å². The number of ether oxygens (including phenoxy) is 2. The summed E-state index contributed by atoms with van der Waals surface area (Å²) in [4.78, 5) is 39.9. The molecule has 1 amide bonds. The monoisotopic (exact) mass is 440 g/mol. The number of pyridine rings is 1. The first-order valence-corrected chi connectivity index (χ1v) is 11.1. The number of benzene rings is 2. The van der Waals surface area contributed by atoms with Crippen molar-refractivity contribution >= 4 is 40.2 Å². The average molecular weight is 441 g/mol. The summed E-state index contributed by atoms with van der Waals surface area (Å²) in [6.45, 7) is 4.40. The quantitative estimate of drug-likeness (QED) is 0.489. The van der Waals surface area contributed by atoms with Crippen LogP contribution in [0.2, 0.25) is 0 Å². The van der Waals surface area contributed by atoms with E-state index in [-0.39, 0.29) is 23.7 Å². The van der Waals surface area contributed by atoms with Gasteiger partial charge in [-0.25, -0.2) is 4.79 Å². The summed E-state index contributed by atoms with van der Waals surface area (Å²) in [5, 5.41) is 3.27. The summed E-state index contributed by atoms with van der Waals surface area (Å²) in [7, 11) is 0. The largest absolute Gasteiger partial charge is 0.492 e. The van der Waals surface area contributed by atoms with Crippen molar-refractivity contribution in [1.29, 1.82) is 0 Å². The molecule has 3 aromatic rings. The molecule has 162 valence electrons. The molecule has 0 aliphatic heterocycles. The van der Waals surface area contributed by atoms with Crippen LogP contribution in [-0.4, -0.2) is 35.8 Å². The van der Waals surface area contributed by atoms with E-state index >= 15 is 0 Å². The minimum Gasteiger partial charge on any atom is -0.492 e. The van der Waals surface area contributed by atoms with Gasteiger partial charge in [0.1, 0.15) is 5.75 Å². The van der Waals surface area contributed by atoms with Gasteiger partial charge in [-0.2, -0.15) is 0 Å². The van der Waals surface area contributed by atoms with Crippen LogP contribution < -0.4 is 15.5 Å². The summed E-state index contributed by atoms with van der Waals surface area (Å²) in [5.74, 6) is 0.706. The van der Waals surface area contributed by atoms with Crippen molar-refractivity contribution in [3.63, 3.8) is 0 Å². The van der Waals surface area contributed by atoms with E-state index in [1.54, 1.807) is 31.2 Å². The van der Waals surface area contributed by atoms with Crippen LogP contribution in [0.4, 0.5) is 5.69 Å². The fourth-order valence-electron chi connectivity index (χ4n) is 3.01. The number of rotatable bonds is 9. The van der Waals surface area contributed by atoms with Crippen molar-refractivity contribution in [2.24, 2.45) is 0 Å². The Morgan fingerprint density at radius 2 is 1.87 bits per heavy atom. The molecule has 2 N–H and O–H groups in total. The molecule has 0 fully saturated rings. The van der Waals surface area contributed by atoms with E-state index in [2.05, 4.69) is 10.3 Å². The van der Waals surface area contributed by atoms with Crippen LogP contribution in [0.15, 0.2) is 53.3 Å². The van der Waals surface area contributed by atoms with Gasteiger partial charge in [0.25, 0.3) is 0 Å². The molecular formula is C23H24N2O5S. The first kappa shape index (κ1) is 22.4. The van der Waals surface area contributed by atoms with Gasteiger partial charge in [0.05, 0.1) is 30.2 Å². The molecule has 31 heavy (non-hydrogen) atoms. The van der Waals surface area contributed by atoms with E-state index in [1.165, 1.54) is 23.9 Å². The molecule has 0 bridgehead atoms. The van der Waals surface area contributed by atoms with Crippen LogP contribution in [0.25, 0.3) is 10.9 Å². The highest BCUT2D eigenvalue weighted by Crippen LogP contribution is 2.24. The number of carbonyl (C=O) groups excluding carboxylic acids is 2. The summed E-state index contributed by atoms with van der Waals surface area (Å²) in [6, 6.07) is 13.6. The Balaban J connectivity index is 1.62. The highest BCUT2D eigenvalue weighted by molar-refractivity contribution is 7.99. The molecule has 0 radical (unpaired) electrons. The lowest BCUT2D eigenvalue weighted by molar-refractivity contribution is -0.113. The van der Waals surface area contributed by atoms with Crippen molar-refractivity contribution < 1.29 is 19.1 Å². The van der Waals surface area contributed by atoms with Gasteiger partial charge in [0.15, 0.2) is 5.43 Å². The maximum Gasteiger partial charge on any atom is 0.338 e. The van der Waals surface area contributed by atoms with E-state index in [1.807, 2.05) is 19.1 Å². The number of fused-ring (bicyclic) bond motifs is 1. The Kier molecular flexibility index (Phi) is 7.72. The number of thioether (sulfide) groups is 1. The van der Waals surface area contributed by atoms with Crippen LogP contribution in [0, 0.1) is 0 Å². The number of hydrogen-bond acceptors (Lipinski definition) is 6. The summed E-state index contributed by atoms with van der Waals surface area (Å²) in [6.07, 6.45) is 0. The third-order valence-corrected chi connectivity index (χ3v) is 5.33. The first-order chi connectivity index (χ1) is 15.0. The molecule has 2 aromatic carbocycles. The maximum absolute atomic E-state index is 12.5. The topological polar surface area (TPSA) is 97.5 Å². The van der Waals surface area contributed by atoms with Crippen LogP contribution in [0.3, 0.4) is 0 Å². The van der Waals surface area contributed by atoms with E-state index in [0.717, 1.165) is 0 Å². The zero-order valence-corrected chi connectivity index (χ0v) is 18.2. The summed E-state index contributed by atoms with van der Waals surface area (Å²) >= 11 is 1.39. The Hall–Kier alpha value is -3.26. The third-order valence-electron chi connectivity index (χ3n) is 4.35. The van der Waals surface area contributed by atoms with E-state index in [9.17, 15) is 14.4 Å². The highest BCUT2D eigenvalue weighted by Gasteiger charge is 2.11. The molecule has 0 unspecified atom stereocenters. The number of anilines is 1. The standard InChI is InChI=1S/C23H24N2O5S/c1-3-29-21-8-6-5-7-19(21)25-22(27)14-31-13-16-12-20(26)17-11-15(23(28)30-4-2)9-10-18(17)24-16/h5-12H,3-4,13-14H2,1-2H3,(H,24,26)(H,25,27). The number of nitrogens with one attached hydrogen (secondary N) is 2. The van der Waals surface area contributed by atoms with Gasteiger partial charge in [-0.05, 0) is 44.2 Å². The molecule has 1 heterocycles. The number of esters is 1. The Bertz CT molecular complexity index is 1140. The number of aromatic amines is 1. The van der Waals surface area contributed by atoms with Crippen molar-refractivity contribution in [1.82, 2.24) is 4.98 Å². The second kappa shape index (κ2) is 10.7. The number of carbonyl (C=O) groups is 2. The van der Waals surface area contributed by atoms with Crippen LogP contribution >= 0.6 is 11.8 Å². The predicted molar refractivity (Wildman–Crippen MR) is 123 cm³/mol. The Labute approximate surface area is 184 Å². The molecule has 8 heteroatoms. The molecule has 1 aromatic heterocycles. The van der Waals surface area contributed by atoms with E-state index < -0.39 is 5.97 Å². The number of para-hydroxylation sites is 2. The predicted octanol–water partition coefficient (Wildman–Crippen LogP) is 3.98. The number of aromatic nitrogens is 1. The molecule has 0 saturated carbocycles. The van der Waals surface area contributed by atoms with Gasteiger partial charge in [0, 0.05) is 28.4 Å². The fraction of sp³-hybridized carbons (Fsp3) is 0.261. The van der Waals surface area contributed by atoms with Gasteiger partial charge in [-0.3, -0.25) is 9.59 Å². The highest BCUT2D eigenvalue weighted by atomic mass is 32.2. The van der Waals surface area contributed by atoms with Crippen LogP contribution in [0.1, 0.15) is 29.9 Å². The van der Waals surface area contributed by atoms with Gasteiger partial charge in [0.2, 0.25) is 5.91 Å². The van der Waals surface area contributed by atoms with Crippen molar-refractivity contribution in [3.8, 4) is 5.75 Å². The minimum absolute atomic E-state index is 0.153. The Morgan fingerprint density at radius 1 is 1.06 bits per heavy atom. The van der Waals surface area contributed by atoms with Gasteiger partial charge < -0.3 is 19.8 Å². The minimum atomic E-state index is -0.458. The third kappa shape index (κ3) is 5.88. The van der Waals surface area contributed by atoms with Gasteiger partial charge in [-0.15, -0.1) is 11.8 Å². The zero-order valence-electron chi connectivity index (χ0n) is 17.4. The van der Waals surface area contributed by atoms with E-state index in [4.69, 9.17) is 9.47 Å². The number of H-pyrrole nitrogens is 1. The smallest absolute Gasteiger partial charge is 0.338 e. The molecule has 7 nitrogen and oxygen atoms in total. The summed E-state index contributed by atoms with van der Waals surface area (Å²) in [5.41, 5.74) is 2.11. The van der Waals surface area contributed by atoms with Crippen molar-refractivity contribution in [2.75, 3.05) is 24.3 Å². The lowest BCUT2D eigenvalue weighted by atomic mass is 10.1. The number of amides is 1. The second-order valence-corrected chi connectivity index (χ2v) is 7.60. The molecule has 0 saturated heterocycles. The normalized spacial score (nSPS) is 10.6. The van der Waals surface area contributed by atoms with Crippen molar-refractivity contribution in [2.45, 2.75) is 19.6 Å². The summed E-state index contributed by atoms with van der Waals surface area (Å²) < 4.78 is 10.5. The fourth-order valence-corrected chi connectivity index (χ4v) is 3.75. The molecule has 0 atom stereocenters. The second-order valence-electron chi connectivity index (χ2n) is 6.61. The zero-order chi connectivity index (χ0) is 22.2. The molecule has 0 spiro atoms. The van der Waals surface area contributed by atoms with E-state index in [0.29, 0.717) is 46.0 Å². The molecule has 0 aliphatic carbocycles. The van der Waals surface area contributed by atoms with Gasteiger partial charge >= 0.3 is 5.97 Å². The SMILES string of the molecule is CCOC(=O)c1ccc2[nH]c(CSCC(=O)Nc3ccccc3OCC)cc(=O)c2c1. The number of hydrogen-bond donors (Lipinski definition) is 2. The van der Waals surface area contributed by atoms with Crippen molar-refractivity contribution in [3.05, 3.63) is 70.0 Å². The van der Waals surface area contributed by atoms with Crippen LogP contribution in [0.5, 0.6) is 5.75 Å². The maximum atomic E-state index is 12.5.